The standard InChI is InChI=1S/C15H24N4O/c1-12(11-19-8-4-5-9-19)17-14-7-6-13(10-16-14)15(20)18(2)3/h6-7,10,12H,4-5,8-9,11H2,1-3H3,(H,16,17). The number of carbonyl (C=O) groups excluding carboxylic acids is 1. The van der Waals surface area contributed by atoms with Crippen LogP contribution < -0.4 is 5.32 Å². The SMILES string of the molecule is CC(CN1CCCC1)Nc1ccc(C(=O)N(C)C)cn1. The maximum atomic E-state index is 11.8. The summed E-state index contributed by atoms with van der Waals surface area (Å²) in [5.74, 6) is 0.807. The lowest BCUT2D eigenvalue weighted by Gasteiger charge is -2.21. The lowest BCUT2D eigenvalue weighted by atomic mass is 10.2. The molecule has 0 aliphatic carbocycles. The molecule has 20 heavy (non-hydrogen) atoms. The predicted molar refractivity (Wildman–Crippen MR) is 81.0 cm³/mol. The molecule has 1 aromatic rings. The Morgan fingerprint density at radius 2 is 2.10 bits per heavy atom. The Morgan fingerprint density at radius 1 is 1.40 bits per heavy atom. The first-order valence-corrected chi connectivity index (χ1v) is 7.23. The summed E-state index contributed by atoms with van der Waals surface area (Å²) in [5.41, 5.74) is 0.618. The zero-order valence-electron chi connectivity index (χ0n) is 12.6. The third-order valence-corrected chi connectivity index (χ3v) is 3.54. The number of likely N-dealkylation sites (tertiary alicyclic amines) is 1. The quantitative estimate of drug-likeness (QED) is 0.889. The largest absolute Gasteiger partial charge is 0.366 e. The second-order valence-corrected chi connectivity index (χ2v) is 5.68. The first-order valence-electron chi connectivity index (χ1n) is 7.23. The Kier molecular flexibility index (Phi) is 4.95. The molecule has 0 spiro atoms. The van der Waals surface area contributed by atoms with Crippen LogP contribution in [0.4, 0.5) is 5.82 Å². The molecule has 0 aromatic carbocycles. The number of hydrogen-bond acceptors (Lipinski definition) is 4. The van der Waals surface area contributed by atoms with E-state index in [1.54, 1.807) is 25.2 Å². The van der Waals surface area contributed by atoms with Crippen LogP contribution in [-0.2, 0) is 0 Å². The maximum Gasteiger partial charge on any atom is 0.254 e. The van der Waals surface area contributed by atoms with Gasteiger partial charge in [0.25, 0.3) is 5.91 Å². The number of nitrogens with zero attached hydrogens (tertiary/aromatic N) is 3. The van der Waals surface area contributed by atoms with Crippen molar-refractivity contribution in [1.29, 1.82) is 0 Å². The van der Waals surface area contributed by atoms with E-state index < -0.39 is 0 Å². The fourth-order valence-electron chi connectivity index (χ4n) is 2.51. The first-order chi connectivity index (χ1) is 9.56. The molecular formula is C15H24N4O. The summed E-state index contributed by atoms with van der Waals surface area (Å²) in [5, 5.41) is 3.39. The molecule has 2 heterocycles. The van der Waals surface area contributed by atoms with Gasteiger partial charge in [0.15, 0.2) is 0 Å². The van der Waals surface area contributed by atoms with E-state index in [1.807, 2.05) is 12.1 Å². The topological polar surface area (TPSA) is 48.5 Å². The van der Waals surface area contributed by atoms with E-state index in [-0.39, 0.29) is 5.91 Å². The van der Waals surface area contributed by atoms with Crippen molar-refractivity contribution < 1.29 is 4.79 Å². The van der Waals surface area contributed by atoms with Crippen molar-refractivity contribution in [3.63, 3.8) is 0 Å². The summed E-state index contributed by atoms with van der Waals surface area (Å²) in [6.45, 7) is 5.62. The molecule has 110 valence electrons. The normalized spacial score (nSPS) is 16.9. The van der Waals surface area contributed by atoms with E-state index in [2.05, 4.69) is 22.1 Å². The zero-order valence-corrected chi connectivity index (χ0v) is 12.6. The predicted octanol–water partition coefficient (Wildman–Crippen LogP) is 1.68. The number of pyridine rings is 1. The van der Waals surface area contributed by atoms with E-state index in [0.717, 1.165) is 12.4 Å². The van der Waals surface area contributed by atoms with Gasteiger partial charge in [-0.15, -0.1) is 0 Å². The molecule has 1 amide bonds. The number of amides is 1. The summed E-state index contributed by atoms with van der Waals surface area (Å²) < 4.78 is 0. The van der Waals surface area contributed by atoms with Crippen molar-refractivity contribution in [3.8, 4) is 0 Å². The van der Waals surface area contributed by atoms with Crippen LogP contribution in [0.25, 0.3) is 0 Å². The van der Waals surface area contributed by atoms with E-state index in [1.165, 1.54) is 25.9 Å². The van der Waals surface area contributed by atoms with Gasteiger partial charge in [0.2, 0.25) is 0 Å². The maximum absolute atomic E-state index is 11.8. The van der Waals surface area contributed by atoms with Crippen LogP contribution in [0.5, 0.6) is 0 Å². The van der Waals surface area contributed by atoms with Crippen LogP contribution in [0.1, 0.15) is 30.1 Å². The van der Waals surface area contributed by atoms with Crippen LogP contribution >= 0.6 is 0 Å². The molecule has 0 bridgehead atoms. The highest BCUT2D eigenvalue weighted by molar-refractivity contribution is 5.93. The molecule has 1 aliphatic heterocycles. The third kappa shape index (κ3) is 3.93. The van der Waals surface area contributed by atoms with Gasteiger partial charge in [0.1, 0.15) is 5.82 Å². The minimum Gasteiger partial charge on any atom is -0.366 e. The number of anilines is 1. The molecule has 0 radical (unpaired) electrons. The average molecular weight is 276 g/mol. The van der Waals surface area contributed by atoms with Gasteiger partial charge in [-0.3, -0.25) is 4.79 Å². The highest BCUT2D eigenvalue weighted by Crippen LogP contribution is 2.11. The fraction of sp³-hybridized carbons (Fsp3) is 0.600. The minimum absolute atomic E-state index is 0.0193. The second kappa shape index (κ2) is 6.70. The van der Waals surface area contributed by atoms with Crippen LogP contribution in [0.3, 0.4) is 0 Å². The highest BCUT2D eigenvalue weighted by atomic mass is 16.2. The summed E-state index contributed by atoms with van der Waals surface area (Å²) >= 11 is 0. The van der Waals surface area contributed by atoms with E-state index in [4.69, 9.17) is 0 Å². The van der Waals surface area contributed by atoms with E-state index in [0.29, 0.717) is 11.6 Å². The van der Waals surface area contributed by atoms with E-state index in [9.17, 15) is 4.79 Å². The number of nitrogens with one attached hydrogen (secondary N) is 1. The lowest BCUT2D eigenvalue weighted by Crippen LogP contribution is -2.33. The fourth-order valence-corrected chi connectivity index (χ4v) is 2.51. The van der Waals surface area contributed by atoms with Gasteiger partial charge in [-0.25, -0.2) is 4.98 Å². The third-order valence-electron chi connectivity index (χ3n) is 3.54. The minimum atomic E-state index is -0.0193. The molecule has 2 rings (SSSR count). The van der Waals surface area contributed by atoms with Gasteiger partial charge < -0.3 is 15.1 Å². The molecular weight excluding hydrogens is 252 g/mol. The molecule has 1 aromatic heterocycles. The molecule has 5 heteroatoms. The van der Waals surface area contributed by atoms with Crippen molar-refractivity contribution in [1.82, 2.24) is 14.8 Å². The highest BCUT2D eigenvalue weighted by Gasteiger charge is 2.15. The Bertz CT molecular complexity index is 438. The van der Waals surface area contributed by atoms with Gasteiger partial charge in [0, 0.05) is 32.9 Å². The number of aromatic nitrogens is 1. The molecule has 1 saturated heterocycles. The Hall–Kier alpha value is -1.62. The lowest BCUT2D eigenvalue weighted by molar-refractivity contribution is 0.0827. The zero-order chi connectivity index (χ0) is 14.5. The van der Waals surface area contributed by atoms with Crippen molar-refractivity contribution in [3.05, 3.63) is 23.9 Å². The molecule has 0 saturated carbocycles. The molecule has 1 atom stereocenters. The van der Waals surface area contributed by atoms with Gasteiger partial charge in [-0.05, 0) is 45.0 Å². The van der Waals surface area contributed by atoms with Gasteiger partial charge in [0.05, 0.1) is 5.56 Å². The monoisotopic (exact) mass is 276 g/mol. The Morgan fingerprint density at radius 3 is 2.65 bits per heavy atom. The number of rotatable bonds is 5. The van der Waals surface area contributed by atoms with Crippen molar-refractivity contribution in [2.75, 3.05) is 39.0 Å². The summed E-state index contributed by atoms with van der Waals surface area (Å²) in [7, 11) is 3.49. The van der Waals surface area contributed by atoms with Crippen LogP contribution in [0.2, 0.25) is 0 Å². The number of carbonyl (C=O) groups is 1. The summed E-state index contributed by atoms with van der Waals surface area (Å²) in [4.78, 5) is 20.1. The van der Waals surface area contributed by atoms with Crippen LogP contribution in [0, 0.1) is 0 Å². The van der Waals surface area contributed by atoms with Gasteiger partial charge >= 0.3 is 0 Å². The van der Waals surface area contributed by atoms with Crippen LogP contribution in [-0.4, -0.2) is 60.5 Å². The van der Waals surface area contributed by atoms with Gasteiger partial charge in [-0.2, -0.15) is 0 Å². The molecule has 1 fully saturated rings. The van der Waals surface area contributed by atoms with Crippen molar-refractivity contribution in [2.45, 2.75) is 25.8 Å². The molecule has 1 aliphatic rings. The average Bonchev–Trinajstić information content (AvgIpc) is 2.91. The summed E-state index contributed by atoms with van der Waals surface area (Å²) in [6, 6.07) is 4.05. The first kappa shape index (κ1) is 14.8. The summed E-state index contributed by atoms with van der Waals surface area (Å²) in [6.07, 6.45) is 4.26. The second-order valence-electron chi connectivity index (χ2n) is 5.68. The van der Waals surface area contributed by atoms with Crippen LogP contribution in [0.15, 0.2) is 18.3 Å². The molecule has 5 nitrogen and oxygen atoms in total. The molecule has 1 unspecified atom stereocenters. The molecule has 1 N–H and O–H groups in total. The smallest absolute Gasteiger partial charge is 0.254 e. The van der Waals surface area contributed by atoms with Crippen molar-refractivity contribution in [2.24, 2.45) is 0 Å². The number of hydrogen-bond donors (Lipinski definition) is 1. The van der Waals surface area contributed by atoms with Gasteiger partial charge in [-0.1, -0.05) is 0 Å². The Balaban J connectivity index is 1.88. The van der Waals surface area contributed by atoms with Crippen molar-refractivity contribution >= 4 is 11.7 Å². The van der Waals surface area contributed by atoms with E-state index >= 15 is 0 Å². The Labute approximate surface area is 121 Å².